The van der Waals surface area contributed by atoms with Crippen LogP contribution in [-0.4, -0.2) is 36.3 Å². The molecule has 2 amide bonds. The van der Waals surface area contributed by atoms with Crippen molar-refractivity contribution >= 4 is 12.0 Å². The molecule has 7 heteroatoms. The summed E-state index contributed by atoms with van der Waals surface area (Å²) in [6, 6.07) is 14.5. The highest BCUT2D eigenvalue weighted by Crippen LogP contribution is 2.10. The van der Waals surface area contributed by atoms with Crippen molar-refractivity contribution in [3.05, 3.63) is 66.0 Å². The molecular weight excluding hydrogens is 351 g/mol. The van der Waals surface area contributed by atoms with Crippen LogP contribution in [0.5, 0.6) is 5.75 Å². The maximum Gasteiger partial charge on any atom is 0.315 e. The Labute approximate surface area is 157 Å². The number of benzene rings is 2. The molecule has 0 aliphatic heterocycles. The van der Waals surface area contributed by atoms with Crippen molar-refractivity contribution in [3.63, 3.8) is 0 Å². The minimum absolute atomic E-state index is 0.0224. The molecule has 27 heavy (non-hydrogen) atoms. The Morgan fingerprint density at radius 1 is 1.07 bits per heavy atom. The number of carbonyl (C=O) groups is 2. The second kappa shape index (κ2) is 10.8. The summed E-state index contributed by atoms with van der Waals surface area (Å²) in [6.45, 7) is 0.498. The number of nitrogens with one attached hydrogen (secondary N) is 2. The van der Waals surface area contributed by atoms with Crippen molar-refractivity contribution in [1.82, 2.24) is 10.6 Å². The zero-order chi connectivity index (χ0) is 19.5. The molecule has 1 atom stereocenters. The highest BCUT2D eigenvalue weighted by Gasteiger charge is 2.14. The van der Waals surface area contributed by atoms with Gasteiger partial charge in [-0.1, -0.05) is 30.3 Å². The van der Waals surface area contributed by atoms with E-state index in [0.717, 1.165) is 5.56 Å². The molecule has 144 valence electrons. The highest BCUT2D eigenvalue weighted by atomic mass is 19.1. The topological polar surface area (TPSA) is 87.7 Å². The summed E-state index contributed by atoms with van der Waals surface area (Å²) >= 11 is 0. The lowest BCUT2D eigenvalue weighted by Gasteiger charge is -2.19. The third-order valence-corrected chi connectivity index (χ3v) is 3.84. The van der Waals surface area contributed by atoms with E-state index in [1.165, 1.54) is 24.3 Å². The molecule has 2 rings (SSSR count). The van der Waals surface area contributed by atoms with Crippen molar-refractivity contribution < 1.29 is 23.8 Å². The van der Waals surface area contributed by atoms with Gasteiger partial charge in [0, 0.05) is 12.5 Å². The standard InChI is InChI=1S/C20H23FN2O4/c21-16-6-9-18(10-7-16)27-13-12-22-20(26)23-17(8-11-19(24)25)14-15-4-2-1-3-5-15/h1-7,9-10,17H,8,11-14H2,(H,24,25)(H2,22,23,26). The quantitative estimate of drug-likeness (QED) is 0.558. The maximum atomic E-state index is 12.8. The summed E-state index contributed by atoms with van der Waals surface area (Å²) < 4.78 is 18.2. The van der Waals surface area contributed by atoms with Crippen LogP contribution in [0.2, 0.25) is 0 Å². The lowest BCUT2D eigenvalue weighted by Crippen LogP contribution is -2.44. The van der Waals surface area contributed by atoms with Gasteiger partial charge in [-0.15, -0.1) is 0 Å². The van der Waals surface area contributed by atoms with Crippen molar-refractivity contribution in [3.8, 4) is 5.75 Å². The first kappa shape index (κ1) is 20.2. The SMILES string of the molecule is O=C(O)CCC(Cc1ccccc1)NC(=O)NCCOc1ccc(F)cc1. The van der Waals surface area contributed by atoms with Crippen molar-refractivity contribution in [2.75, 3.05) is 13.2 Å². The zero-order valence-electron chi connectivity index (χ0n) is 14.9. The van der Waals surface area contributed by atoms with E-state index >= 15 is 0 Å². The number of hydrogen-bond acceptors (Lipinski definition) is 3. The van der Waals surface area contributed by atoms with E-state index in [0.29, 0.717) is 18.6 Å². The van der Waals surface area contributed by atoms with Gasteiger partial charge in [0.05, 0.1) is 6.54 Å². The van der Waals surface area contributed by atoms with Gasteiger partial charge in [-0.2, -0.15) is 0 Å². The van der Waals surface area contributed by atoms with E-state index < -0.39 is 5.97 Å². The fourth-order valence-electron chi connectivity index (χ4n) is 2.52. The lowest BCUT2D eigenvalue weighted by molar-refractivity contribution is -0.137. The molecule has 0 aliphatic carbocycles. The van der Waals surface area contributed by atoms with Gasteiger partial charge < -0.3 is 20.5 Å². The van der Waals surface area contributed by atoms with Gasteiger partial charge in [-0.05, 0) is 42.7 Å². The fourth-order valence-corrected chi connectivity index (χ4v) is 2.52. The lowest BCUT2D eigenvalue weighted by atomic mass is 10.0. The number of carboxylic acid groups (broad SMARTS) is 1. The van der Waals surface area contributed by atoms with Crippen LogP contribution >= 0.6 is 0 Å². The summed E-state index contributed by atoms with van der Waals surface area (Å²) in [7, 11) is 0. The van der Waals surface area contributed by atoms with E-state index in [4.69, 9.17) is 9.84 Å². The number of halogens is 1. The summed E-state index contributed by atoms with van der Waals surface area (Å²) in [4.78, 5) is 22.9. The monoisotopic (exact) mass is 374 g/mol. The Morgan fingerprint density at radius 2 is 1.78 bits per heavy atom. The number of aliphatic carboxylic acids is 1. The fraction of sp³-hybridized carbons (Fsp3) is 0.300. The first-order chi connectivity index (χ1) is 13.0. The smallest absolute Gasteiger partial charge is 0.315 e. The molecule has 0 saturated carbocycles. The Bertz CT molecular complexity index is 723. The number of carbonyl (C=O) groups excluding carboxylic acids is 1. The molecule has 0 aromatic heterocycles. The van der Waals surface area contributed by atoms with Crippen LogP contribution in [-0.2, 0) is 11.2 Å². The molecule has 2 aromatic carbocycles. The minimum atomic E-state index is -0.900. The van der Waals surface area contributed by atoms with E-state index in [2.05, 4.69) is 10.6 Å². The number of carboxylic acids is 1. The third kappa shape index (κ3) is 8.22. The van der Waals surface area contributed by atoms with Crippen LogP contribution in [0, 0.1) is 5.82 Å². The highest BCUT2D eigenvalue weighted by molar-refractivity contribution is 5.74. The first-order valence-corrected chi connectivity index (χ1v) is 8.71. The molecule has 0 fully saturated rings. The molecule has 0 radical (unpaired) electrons. The average Bonchev–Trinajstić information content (AvgIpc) is 2.65. The van der Waals surface area contributed by atoms with Gasteiger partial charge in [0.25, 0.3) is 0 Å². The summed E-state index contributed by atoms with van der Waals surface area (Å²) in [5.74, 6) is -0.726. The molecule has 0 saturated heterocycles. The van der Waals surface area contributed by atoms with Crippen molar-refractivity contribution in [2.45, 2.75) is 25.3 Å². The molecule has 0 aliphatic rings. The van der Waals surface area contributed by atoms with Crippen LogP contribution in [0.4, 0.5) is 9.18 Å². The largest absolute Gasteiger partial charge is 0.492 e. The van der Waals surface area contributed by atoms with Crippen LogP contribution in [0.1, 0.15) is 18.4 Å². The van der Waals surface area contributed by atoms with E-state index in [1.807, 2.05) is 30.3 Å². The van der Waals surface area contributed by atoms with Crippen molar-refractivity contribution in [2.24, 2.45) is 0 Å². The number of ether oxygens (including phenoxy) is 1. The molecule has 0 spiro atoms. The molecule has 3 N–H and O–H groups in total. The first-order valence-electron chi connectivity index (χ1n) is 8.71. The van der Waals surface area contributed by atoms with Gasteiger partial charge >= 0.3 is 12.0 Å². The predicted octanol–water partition coefficient (Wildman–Crippen LogP) is 2.98. The van der Waals surface area contributed by atoms with E-state index in [1.54, 1.807) is 0 Å². The predicted molar refractivity (Wildman–Crippen MR) is 99.2 cm³/mol. The van der Waals surface area contributed by atoms with Crippen LogP contribution in [0.3, 0.4) is 0 Å². The summed E-state index contributed by atoms with van der Waals surface area (Å²) in [6.07, 6.45) is 0.864. The second-order valence-electron chi connectivity index (χ2n) is 6.02. The number of amides is 2. The molecule has 1 unspecified atom stereocenters. The van der Waals surface area contributed by atoms with E-state index in [9.17, 15) is 14.0 Å². The number of rotatable bonds is 10. The minimum Gasteiger partial charge on any atom is -0.492 e. The Hall–Kier alpha value is -3.09. The summed E-state index contributed by atoms with van der Waals surface area (Å²) in [5.41, 5.74) is 1.02. The second-order valence-corrected chi connectivity index (χ2v) is 6.02. The Kier molecular flexibility index (Phi) is 8.09. The molecular formula is C20H23FN2O4. The van der Waals surface area contributed by atoms with Gasteiger partial charge in [-0.25, -0.2) is 9.18 Å². The average molecular weight is 374 g/mol. The molecule has 0 heterocycles. The normalized spacial score (nSPS) is 11.4. The van der Waals surface area contributed by atoms with Crippen LogP contribution < -0.4 is 15.4 Å². The molecule has 6 nitrogen and oxygen atoms in total. The maximum absolute atomic E-state index is 12.8. The third-order valence-electron chi connectivity index (χ3n) is 3.84. The molecule has 0 bridgehead atoms. The Balaban J connectivity index is 1.76. The molecule has 2 aromatic rings. The van der Waals surface area contributed by atoms with E-state index in [-0.39, 0.29) is 37.5 Å². The van der Waals surface area contributed by atoms with Crippen LogP contribution in [0.25, 0.3) is 0 Å². The van der Waals surface area contributed by atoms with Gasteiger partial charge in [0.15, 0.2) is 0 Å². The zero-order valence-corrected chi connectivity index (χ0v) is 14.9. The summed E-state index contributed by atoms with van der Waals surface area (Å²) in [5, 5.41) is 14.4. The Morgan fingerprint density at radius 3 is 2.44 bits per heavy atom. The van der Waals surface area contributed by atoms with Crippen molar-refractivity contribution in [1.29, 1.82) is 0 Å². The van der Waals surface area contributed by atoms with Crippen LogP contribution in [0.15, 0.2) is 54.6 Å². The van der Waals surface area contributed by atoms with Gasteiger partial charge in [0.2, 0.25) is 0 Å². The number of urea groups is 1. The van der Waals surface area contributed by atoms with Gasteiger partial charge in [0.1, 0.15) is 18.2 Å². The number of hydrogen-bond donors (Lipinski definition) is 3. The van der Waals surface area contributed by atoms with Gasteiger partial charge in [-0.3, -0.25) is 4.79 Å².